The predicted molar refractivity (Wildman–Crippen MR) is 212 cm³/mol. The van der Waals surface area contributed by atoms with Crippen molar-refractivity contribution in [1.82, 2.24) is 0 Å². The maximum Gasteiger partial charge on any atom is 0.306 e. The van der Waals surface area contributed by atoms with Crippen molar-refractivity contribution in [3.05, 3.63) is 72.9 Å². The molecule has 0 aromatic heterocycles. The van der Waals surface area contributed by atoms with E-state index in [0.717, 1.165) is 83.5 Å². The topological polar surface area (TPSA) is 102 Å². The number of quaternary nitrogens is 1. The Kier molecular flexibility index (Phi) is 32.7. The van der Waals surface area contributed by atoms with Crippen molar-refractivity contribution in [2.24, 2.45) is 0 Å². The molecule has 0 aromatic rings. The number of rotatable bonds is 34. The second-order valence-corrected chi connectivity index (χ2v) is 14.2. The highest BCUT2D eigenvalue weighted by molar-refractivity contribution is 5.70. The molecule has 0 bridgehead atoms. The molecule has 0 aliphatic carbocycles. The zero-order valence-electron chi connectivity index (χ0n) is 33.4. The Labute approximate surface area is 317 Å². The lowest BCUT2D eigenvalue weighted by Crippen LogP contribution is -2.55. The lowest BCUT2D eigenvalue weighted by molar-refractivity contribution is -0.889. The SMILES string of the molecule is CC/C=C/C=C/C=C/CCCCCCCCCC(=O)OC(COCCC(C(=O)[O-])[N+](C)(C)C)COC(=O)CCCCCCC/C=C/C=C/C=C/CC. The Morgan fingerprint density at radius 3 is 1.48 bits per heavy atom. The van der Waals surface area contributed by atoms with E-state index in [1.54, 1.807) is 21.1 Å². The summed E-state index contributed by atoms with van der Waals surface area (Å²) >= 11 is 0. The van der Waals surface area contributed by atoms with Gasteiger partial charge in [-0.2, -0.15) is 0 Å². The quantitative estimate of drug-likeness (QED) is 0.0282. The molecule has 0 saturated heterocycles. The van der Waals surface area contributed by atoms with E-state index in [1.165, 1.54) is 19.3 Å². The minimum atomic E-state index is -1.13. The Morgan fingerprint density at radius 1 is 0.577 bits per heavy atom. The molecule has 0 amide bonds. The van der Waals surface area contributed by atoms with Gasteiger partial charge in [-0.3, -0.25) is 9.59 Å². The van der Waals surface area contributed by atoms with Gasteiger partial charge in [0, 0.05) is 19.3 Å². The number of allylic oxidation sites excluding steroid dienone is 12. The third-order valence-corrected chi connectivity index (χ3v) is 8.46. The van der Waals surface area contributed by atoms with Crippen LogP contribution in [0.3, 0.4) is 0 Å². The molecule has 8 heteroatoms. The number of carbonyl (C=O) groups excluding carboxylic acids is 3. The fourth-order valence-corrected chi connectivity index (χ4v) is 5.36. The van der Waals surface area contributed by atoms with Crippen molar-refractivity contribution >= 4 is 17.9 Å². The minimum Gasteiger partial charge on any atom is -0.544 e. The number of hydrogen-bond donors (Lipinski definition) is 0. The predicted octanol–water partition coefficient (Wildman–Crippen LogP) is 9.07. The third kappa shape index (κ3) is 32.7. The number of unbranched alkanes of at least 4 members (excludes halogenated alkanes) is 12. The van der Waals surface area contributed by atoms with Crippen LogP contribution in [0.4, 0.5) is 0 Å². The number of carboxylic acid groups (broad SMARTS) is 1. The largest absolute Gasteiger partial charge is 0.544 e. The molecule has 296 valence electrons. The number of likely N-dealkylation sites (N-methyl/N-ethyl adjacent to an activating group) is 1. The first-order valence-corrected chi connectivity index (χ1v) is 20.0. The molecule has 52 heavy (non-hydrogen) atoms. The van der Waals surface area contributed by atoms with Crippen LogP contribution in [0.1, 0.15) is 136 Å². The Morgan fingerprint density at radius 2 is 1.02 bits per heavy atom. The molecule has 0 aromatic carbocycles. The van der Waals surface area contributed by atoms with Crippen molar-refractivity contribution in [2.75, 3.05) is 41.0 Å². The van der Waals surface area contributed by atoms with Gasteiger partial charge in [-0.25, -0.2) is 0 Å². The first-order valence-electron chi connectivity index (χ1n) is 20.0. The zero-order valence-corrected chi connectivity index (χ0v) is 33.4. The number of ether oxygens (including phenoxy) is 3. The lowest BCUT2D eigenvalue weighted by Gasteiger charge is -2.34. The molecule has 0 N–H and O–H groups in total. The normalized spacial score (nSPS) is 13.8. The summed E-state index contributed by atoms with van der Waals surface area (Å²) in [5, 5.41) is 11.6. The number of hydrogen-bond acceptors (Lipinski definition) is 7. The minimum absolute atomic E-state index is 0.0248. The molecule has 0 spiro atoms. The maximum atomic E-state index is 12.7. The van der Waals surface area contributed by atoms with Crippen LogP contribution in [0.15, 0.2) is 72.9 Å². The van der Waals surface area contributed by atoms with Crippen molar-refractivity contribution < 1.29 is 38.2 Å². The second-order valence-electron chi connectivity index (χ2n) is 14.2. The van der Waals surface area contributed by atoms with Crippen LogP contribution >= 0.6 is 0 Å². The van der Waals surface area contributed by atoms with Gasteiger partial charge in [0.15, 0.2) is 6.10 Å². The van der Waals surface area contributed by atoms with Gasteiger partial charge < -0.3 is 28.6 Å². The maximum absolute atomic E-state index is 12.7. The number of aliphatic carboxylic acids is 1. The van der Waals surface area contributed by atoms with E-state index >= 15 is 0 Å². The second kappa shape index (κ2) is 34.8. The van der Waals surface area contributed by atoms with Crippen LogP contribution in [0.25, 0.3) is 0 Å². The Bertz CT molecular complexity index is 1080. The van der Waals surface area contributed by atoms with Gasteiger partial charge in [0.1, 0.15) is 12.6 Å². The number of nitrogens with zero attached hydrogens (tertiary/aromatic N) is 1. The highest BCUT2D eigenvalue weighted by atomic mass is 16.6. The fourth-order valence-electron chi connectivity index (χ4n) is 5.36. The van der Waals surface area contributed by atoms with E-state index in [0.29, 0.717) is 12.8 Å². The van der Waals surface area contributed by atoms with Crippen LogP contribution in [0, 0.1) is 0 Å². The van der Waals surface area contributed by atoms with Gasteiger partial charge in [-0.1, -0.05) is 138 Å². The van der Waals surface area contributed by atoms with Crippen molar-refractivity contribution in [1.29, 1.82) is 0 Å². The summed E-state index contributed by atoms with van der Waals surface area (Å²) in [5.41, 5.74) is 0. The molecule has 8 nitrogen and oxygen atoms in total. The first kappa shape index (κ1) is 48.8. The smallest absolute Gasteiger partial charge is 0.306 e. The average molecular weight is 728 g/mol. The molecule has 0 radical (unpaired) electrons. The fraction of sp³-hybridized carbons (Fsp3) is 0.659. The Balaban J connectivity index is 4.46. The van der Waals surface area contributed by atoms with E-state index in [1.807, 2.05) is 12.2 Å². The lowest BCUT2D eigenvalue weighted by atomic mass is 10.1. The monoisotopic (exact) mass is 728 g/mol. The van der Waals surface area contributed by atoms with Crippen molar-refractivity contribution in [3.8, 4) is 0 Å². The molecular weight excluding hydrogens is 654 g/mol. The van der Waals surface area contributed by atoms with Gasteiger partial charge >= 0.3 is 11.9 Å². The van der Waals surface area contributed by atoms with Crippen LogP contribution in [0.5, 0.6) is 0 Å². The van der Waals surface area contributed by atoms with Gasteiger partial charge in [0.2, 0.25) is 0 Å². The summed E-state index contributed by atoms with van der Waals surface area (Å²) in [4.78, 5) is 36.7. The molecular formula is C44H73NO7. The van der Waals surface area contributed by atoms with Crippen LogP contribution in [-0.2, 0) is 28.6 Å². The molecule has 0 heterocycles. The molecule has 0 rings (SSSR count). The van der Waals surface area contributed by atoms with Crippen LogP contribution < -0.4 is 5.11 Å². The molecule has 0 aliphatic heterocycles. The molecule has 0 aliphatic rings. The van der Waals surface area contributed by atoms with Crippen LogP contribution in [-0.4, -0.2) is 75.5 Å². The highest BCUT2D eigenvalue weighted by Crippen LogP contribution is 2.13. The van der Waals surface area contributed by atoms with Gasteiger partial charge in [-0.15, -0.1) is 0 Å². The molecule has 0 saturated carbocycles. The standard InChI is InChI=1S/C44H73NO7/c1-6-8-10-12-14-16-18-20-21-23-25-27-29-31-33-35-43(47)52-40(38-50-37-36-41(44(48)49)45(3,4)5)39-51-42(46)34-32-30-28-26-24-22-19-17-15-13-11-9-7-2/h8-19,40-41H,6-7,20-39H2,1-5H3/b10-8+,11-9+,14-12+,15-13+,18-16+,19-17+. The number of carbonyl (C=O) groups is 3. The van der Waals surface area contributed by atoms with E-state index in [-0.39, 0.29) is 42.7 Å². The average Bonchev–Trinajstić information content (AvgIpc) is 3.09. The summed E-state index contributed by atoms with van der Waals surface area (Å²) in [5.74, 6) is -1.79. The van der Waals surface area contributed by atoms with Gasteiger partial charge in [0.05, 0.1) is 40.3 Å². The Hall–Kier alpha value is -3.23. The van der Waals surface area contributed by atoms with Gasteiger partial charge in [0.25, 0.3) is 0 Å². The highest BCUT2D eigenvalue weighted by Gasteiger charge is 2.25. The van der Waals surface area contributed by atoms with E-state index in [9.17, 15) is 19.5 Å². The molecule has 0 fully saturated rings. The van der Waals surface area contributed by atoms with E-state index < -0.39 is 18.1 Å². The summed E-state index contributed by atoms with van der Waals surface area (Å²) in [6, 6.07) is -0.734. The summed E-state index contributed by atoms with van der Waals surface area (Å²) < 4.78 is 17.1. The van der Waals surface area contributed by atoms with Crippen molar-refractivity contribution in [3.63, 3.8) is 0 Å². The molecule has 2 atom stereocenters. The third-order valence-electron chi connectivity index (χ3n) is 8.46. The van der Waals surface area contributed by atoms with Gasteiger partial charge in [-0.05, 0) is 51.4 Å². The zero-order chi connectivity index (χ0) is 38.5. The van der Waals surface area contributed by atoms with E-state index in [2.05, 4.69) is 74.6 Å². The summed E-state index contributed by atoms with van der Waals surface area (Å²) in [6.45, 7) is 4.34. The summed E-state index contributed by atoms with van der Waals surface area (Å²) in [7, 11) is 5.38. The number of carboxylic acids is 1. The first-order chi connectivity index (χ1) is 25.1. The number of esters is 2. The van der Waals surface area contributed by atoms with Crippen molar-refractivity contribution in [2.45, 2.75) is 148 Å². The molecule has 2 unspecified atom stereocenters. The van der Waals surface area contributed by atoms with Crippen LogP contribution in [0.2, 0.25) is 0 Å². The van der Waals surface area contributed by atoms with E-state index in [4.69, 9.17) is 14.2 Å². The summed E-state index contributed by atoms with van der Waals surface area (Å²) in [6.07, 6.45) is 42.1.